The van der Waals surface area contributed by atoms with Crippen LogP contribution >= 0.6 is 27.5 Å². The Kier molecular flexibility index (Phi) is 6.09. The van der Waals surface area contributed by atoms with Gasteiger partial charge in [-0.05, 0) is 34.6 Å². The van der Waals surface area contributed by atoms with Crippen LogP contribution in [0.4, 0.5) is 17.6 Å². The Morgan fingerprint density at radius 3 is 2.45 bits per heavy atom. The van der Waals surface area contributed by atoms with Crippen LogP contribution in [0.3, 0.4) is 0 Å². The molecule has 8 heteroatoms. The van der Waals surface area contributed by atoms with Crippen molar-refractivity contribution in [2.24, 2.45) is 0 Å². The van der Waals surface area contributed by atoms with E-state index < -0.39 is 18.4 Å². The van der Waals surface area contributed by atoms with E-state index in [0.717, 1.165) is 0 Å². The number of methoxy groups -OCH3 is 1. The smallest absolute Gasteiger partial charge is 0.326 e. The summed E-state index contributed by atoms with van der Waals surface area (Å²) < 4.78 is 58.1. The molecule has 0 spiro atoms. The molecule has 114 valence electrons. The minimum atomic E-state index is -4.26. The molecule has 2 nitrogen and oxygen atoms in total. The van der Waals surface area contributed by atoms with E-state index >= 15 is 0 Å². The number of nitrogens with one attached hydrogen (secondary N) is 1. The van der Waals surface area contributed by atoms with Crippen molar-refractivity contribution in [3.05, 3.63) is 27.2 Å². The predicted molar refractivity (Wildman–Crippen MR) is 73.1 cm³/mol. The topological polar surface area (TPSA) is 21.3 Å². The average molecular weight is 379 g/mol. The third-order valence-electron chi connectivity index (χ3n) is 2.64. The monoisotopic (exact) mass is 377 g/mol. The van der Waals surface area contributed by atoms with Crippen LogP contribution in [0.2, 0.25) is 5.02 Å². The van der Waals surface area contributed by atoms with Gasteiger partial charge in [-0.15, -0.1) is 0 Å². The molecule has 0 aliphatic carbocycles. The first kappa shape index (κ1) is 17.5. The van der Waals surface area contributed by atoms with Crippen molar-refractivity contribution in [3.63, 3.8) is 0 Å². The standard InChI is InChI=1S/C12H13BrClF4NO/c1-3-19-10(12(17,18)11(15)16)7-4-6(14)5-8(13)9(7)20-2/h4-5,10-11,19H,3H2,1-2H3. The first-order valence-corrected chi connectivity index (χ1v) is 6.85. The van der Waals surface area contributed by atoms with Crippen LogP contribution in [0.1, 0.15) is 18.5 Å². The number of hydrogen-bond acceptors (Lipinski definition) is 2. The van der Waals surface area contributed by atoms with Gasteiger partial charge in [-0.25, -0.2) is 8.78 Å². The van der Waals surface area contributed by atoms with Gasteiger partial charge in [-0.2, -0.15) is 8.78 Å². The normalized spacial score (nSPS) is 13.7. The summed E-state index contributed by atoms with van der Waals surface area (Å²) in [4.78, 5) is 0. The summed E-state index contributed by atoms with van der Waals surface area (Å²) in [6.07, 6.45) is -3.81. The van der Waals surface area contributed by atoms with Gasteiger partial charge >= 0.3 is 12.3 Å². The summed E-state index contributed by atoms with van der Waals surface area (Å²) in [5, 5.41) is 2.50. The molecule has 0 radical (unpaired) electrons. The van der Waals surface area contributed by atoms with Crippen LogP contribution in [0, 0.1) is 0 Å². The van der Waals surface area contributed by atoms with Gasteiger partial charge in [0, 0.05) is 10.6 Å². The fourth-order valence-corrected chi connectivity index (χ4v) is 2.79. The van der Waals surface area contributed by atoms with Gasteiger partial charge in [0.15, 0.2) is 0 Å². The summed E-state index contributed by atoms with van der Waals surface area (Å²) >= 11 is 8.92. The lowest BCUT2D eigenvalue weighted by Gasteiger charge is -2.28. The zero-order valence-electron chi connectivity index (χ0n) is 10.7. The van der Waals surface area contributed by atoms with Gasteiger partial charge < -0.3 is 10.1 Å². The quantitative estimate of drug-likeness (QED) is 0.727. The summed E-state index contributed by atoms with van der Waals surface area (Å²) in [7, 11) is 1.26. The number of benzene rings is 1. The molecule has 1 rings (SSSR count). The van der Waals surface area contributed by atoms with Crippen LogP contribution < -0.4 is 10.1 Å². The van der Waals surface area contributed by atoms with Crippen molar-refractivity contribution in [2.75, 3.05) is 13.7 Å². The molecule has 0 aliphatic rings. The summed E-state index contributed by atoms with van der Waals surface area (Å²) in [5.41, 5.74) is -0.126. The zero-order chi connectivity index (χ0) is 15.5. The second-order valence-corrected chi connectivity index (χ2v) is 5.27. The van der Waals surface area contributed by atoms with Crippen molar-refractivity contribution >= 4 is 27.5 Å². The molecule has 20 heavy (non-hydrogen) atoms. The van der Waals surface area contributed by atoms with Crippen molar-refractivity contribution in [3.8, 4) is 5.75 Å². The summed E-state index contributed by atoms with van der Waals surface area (Å²) in [6.45, 7) is 1.63. The Morgan fingerprint density at radius 2 is 2.00 bits per heavy atom. The highest BCUT2D eigenvalue weighted by Gasteiger charge is 2.50. The number of rotatable bonds is 6. The van der Waals surface area contributed by atoms with Gasteiger partial charge in [0.25, 0.3) is 0 Å². The molecule has 0 aromatic heterocycles. The Labute approximate surface area is 127 Å². The van der Waals surface area contributed by atoms with Gasteiger partial charge in [-0.3, -0.25) is 0 Å². The van der Waals surface area contributed by atoms with Crippen molar-refractivity contribution in [1.29, 1.82) is 0 Å². The molecule has 1 atom stereocenters. The molecule has 0 saturated heterocycles. The molecule has 1 aromatic rings. The maximum atomic E-state index is 13.7. The molecule has 0 fully saturated rings. The Balaban J connectivity index is 3.42. The Bertz CT molecular complexity index is 473. The van der Waals surface area contributed by atoms with Crippen LogP contribution in [0.15, 0.2) is 16.6 Å². The molecule has 1 N–H and O–H groups in total. The Morgan fingerprint density at radius 1 is 1.40 bits per heavy atom. The van der Waals surface area contributed by atoms with Crippen molar-refractivity contribution in [1.82, 2.24) is 5.32 Å². The fourth-order valence-electron chi connectivity index (χ4n) is 1.79. The van der Waals surface area contributed by atoms with Gasteiger partial charge in [0.05, 0.1) is 11.6 Å². The van der Waals surface area contributed by atoms with E-state index in [9.17, 15) is 17.6 Å². The van der Waals surface area contributed by atoms with E-state index in [1.165, 1.54) is 19.2 Å². The lowest BCUT2D eigenvalue weighted by Crippen LogP contribution is -2.42. The molecule has 0 saturated carbocycles. The largest absolute Gasteiger partial charge is 0.495 e. The third-order valence-corrected chi connectivity index (χ3v) is 3.44. The van der Waals surface area contributed by atoms with Crippen LogP contribution in [-0.4, -0.2) is 26.0 Å². The van der Waals surface area contributed by atoms with Crippen LogP contribution in [0.25, 0.3) is 0 Å². The molecular weight excluding hydrogens is 365 g/mol. The highest BCUT2D eigenvalue weighted by atomic mass is 79.9. The molecule has 0 heterocycles. The van der Waals surface area contributed by atoms with Crippen molar-refractivity contribution in [2.45, 2.75) is 25.3 Å². The molecular formula is C12H13BrClF4NO. The second-order valence-electron chi connectivity index (χ2n) is 3.98. The second kappa shape index (κ2) is 6.95. The minimum absolute atomic E-state index is 0.0423. The first-order valence-electron chi connectivity index (χ1n) is 5.67. The van der Waals surface area contributed by atoms with E-state index in [-0.39, 0.29) is 22.9 Å². The average Bonchev–Trinajstić information content (AvgIpc) is 2.34. The molecule has 1 unspecified atom stereocenters. The number of hydrogen-bond donors (Lipinski definition) is 1. The predicted octanol–water partition coefficient (Wildman–Crippen LogP) is 4.66. The van der Waals surface area contributed by atoms with E-state index in [1.54, 1.807) is 6.92 Å². The maximum absolute atomic E-state index is 13.7. The highest BCUT2D eigenvalue weighted by molar-refractivity contribution is 9.10. The number of ether oxygens (including phenoxy) is 1. The highest BCUT2D eigenvalue weighted by Crippen LogP contribution is 2.43. The summed E-state index contributed by atoms with van der Waals surface area (Å²) in [5.74, 6) is -4.21. The fraction of sp³-hybridized carbons (Fsp3) is 0.500. The summed E-state index contributed by atoms with van der Waals surface area (Å²) in [6, 6.07) is 0.722. The first-order chi connectivity index (χ1) is 9.25. The SMILES string of the molecule is CCNC(c1cc(Cl)cc(Br)c1OC)C(F)(F)C(F)F. The van der Waals surface area contributed by atoms with Crippen LogP contribution in [-0.2, 0) is 0 Å². The minimum Gasteiger partial charge on any atom is -0.495 e. The maximum Gasteiger partial charge on any atom is 0.326 e. The molecule has 0 bridgehead atoms. The van der Waals surface area contributed by atoms with Crippen LogP contribution in [0.5, 0.6) is 5.75 Å². The Hall–Kier alpha value is -0.530. The molecule has 0 amide bonds. The zero-order valence-corrected chi connectivity index (χ0v) is 13.0. The third kappa shape index (κ3) is 3.56. The van der Waals surface area contributed by atoms with Crippen molar-refractivity contribution < 1.29 is 22.3 Å². The van der Waals surface area contributed by atoms with Gasteiger partial charge in [-0.1, -0.05) is 18.5 Å². The van der Waals surface area contributed by atoms with E-state index in [4.69, 9.17) is 16.3 Å². The van der Waals surface area contributed by atoms with E-state index in [0.29, 0.717) is 4.47 Å². The van der Waals surface area contributed by atoms with E-state index in [1.807, 2.05) is 0 Å². The number of alkyl halides is 4. The number of halogens is 6. The molecule has 0 aliphatic heterocycles. The van der Waals surface area contributed by atoms with E-state index in [2.05, 4.69) is 21.2 Å². The van der Waals surface area contributed by atoms with Gasteiger partial charge in [0.2, 0.25) is 0 Å². The molecule has 1 aromatic carbocycles. The lowest BCUT2D eigenvalue weighted by molar-refractivity contribution is -0.151. The lowest BCUT2D eigenvalue weighted by atomic mass is 9.99. The van der Waals surface area contributed by atoms with Gasteiger partial charge in [0.1, 0.15) is 11.8 Å².